The van der Waals surface area contributed by atoms with E-state index < -0.39 is 0 Å². The number of hydrogen-bond acceptors (Lipinski definition) is 3. The van der Waals surface area contributed by atoms with Gasteiger partial charge >= 0.3 is 0 Å². The summed E-state index contributed by atoms with van der Waals surface area (Å²) >= 11 is 6.35. The Bertz CT molecular complexity index is 420. The molecule has 0 spiro atoms. The fourth-order valence-electron chi connectivity index (χ4n) is 2.88. The Balaban J connectivity index is 2.29. The third-order valence-corrected chi connectivity index (χ3v) is 4.15. The number of para-hydroxylation sites is 1. The molecule has 2 N–H and O–H groups in total. The summed E-state index contributed by atoms with van der Waals surface area (Å²) in [7, 11) is 4.28. The minimum atomic E-state index is 0.535. The van der Waals surface area contributed by atoms with E-state index in [9.17, 15) is 0 Å². The van der Waals surface area contributed by atoms with Crippen LogP contribution in [-0.2, 0) is 6.54 Å². The first-order valence-electron chi connectivity index (χ1n) is 6.43. The Morgan fingerprint density at radius 1 is 1.39 bits per heavy atom. The van der Waals surface area contributed by atoms with Crippen LogP contribution in [-0.4, -0.2) is 38.1 Å². The van der Waals surface area contributed by atoms with Crippen molar-refractivity contribution in [2.45, 2.75) is 19.5 Å². The summed E-state index contributed by atoms with van der Waals surface area (Å²) in [6.07, 6.45) is 0. The maximum atomic E-state index is 6.35. The Kier molecular flexibility index (Phi) is 4.15. The average molecular weight is 268 g/mol. The smallest absolute Gasteiger partial charge is 0.0642 e. The fraction of sp³-hybridized carbons (Fsp3) is 0.571. The molecule has 0 saturated carbocycles. The second-order valence-corrected chi connectivity index (χ2v) is 5.77. The lowest BCUT2D eigenvalue weighted by Gasteiger charge is -2.25. The molecule has 1 aliphatic rings. The number of nitrogens with two attached hydrogens (primary N) is 1. The van der Waals surface area contributed by atoms with Crippen molar-refractivity contribution in [3.8, 4) is 0 Å². The zero-order valence-electron chi connectivity index (χ0n) is 11.4. The first kappa shape index (κ1) is 13.7. The minimum absolute atomic E-state index is 0.535. The minimum Gasteiger partial charge on any atom is -0.368 e. The van der Waals surface area contributed by atoms with E-state index in [0.29, 0.717) is 18.5 Å². The van der Waals surface area contributed by atoms with Gasteiger partial charge in [-0.1, -0.05) is 30.7 Å². The van der Waals surface area contributed by atoms with Gasteiger partial charge in [0.15, 0.2) is 0 Å². The quantitative estimate of drug-likeness (QED) is 0.911. The summed E-state index contributed by atoms with van der Waals surface area (Å²) in [6.45, 7) is 4.89. The largest absolute Gasteiger partial charge is 0.368 e. The maximum Gasteiger partial charge on any atom is 0.0642 e. The van der Waals surface area contributed by atoms with E-state index in [4.69, 9.17) is 17.3 Å². The zero-order chi connectivity index (χ0) is 13.3. The highest BCUT2D eigenvalue weighted by Gasteiger charge is 2.32. The molecule has 1 aromatic carbocycles. The topological polar surface area (TPSA) is 32.5 Å². The maximum absolute atomic E-state index is 6.35. The number of rotatable bonds is 3. The van der Waals surface area contributed by atoms with Crippen LogP contribution in [0.3, 0.4) is 0 Å². The highest BCUT2D eigenvalue weighted by Crippen LogP contribution is 2.34. The molecule has 3 nitrogen and oxygen atoms in total. The Labute approximate surface area is 115 Å². The molecular weight excluding hydrogens is 246 g/mol. The summed E-state index contributed by atoms with van der Waals surface area (Å²) < 4.78 is 0. The highest BCUT2D eigenvalue weighted by molar-refractivity contribution is 6.33. The highest BCUT2D eigenvalue weighted by atomic mass is 35.5. The van der Waals surface area contributed by atoms with Crippen LogP contribution in [0.5, 0.6) is 0 Å². The molecule has 2 unspecified atom stereocenters. The van der Waals surface area contributed by atoms with Crippen molar-refractivity contribution in [1.29, 1.82) is 0 Å². The van der Waals surface area contributed by atoms with Gasteiger partial charge in [-0.2, -0.15) is 0 Å². The number of likely N-dealkylation sites (N-methyl/N-ethyl adjacent to an activating group) is 1. The Morgan fingerprint density at radius 3 is 2.67 bits per heavy atom. The molecule has 0 aromatic heterocycles. The molecule has 1 heterocycles. The SMILES string of the molecule is CC1CN(c2c(Cl)cccc2CN)CC1N(C)C. The molecule has 0 aliphatic carbocycles. The Morgan fingerprint density at radius 2 is 2.11 bits per heavy atom. The average Bonchev–Trinajstić information content (AvgIpc) is 2.70. The van der Waals surface area contributed by atoms with Gasteiger partial charge < -0.3 is 15.5 Å². The molecule has 2 rings (SSSR count). The van der Waals surface area contributed by atoms with Crippen molar-refractivity contribution in [3.63, 3.8) is 0 Å². The molecule has 100 valence electrons. The van der Waals surface area contributed by atoms with E-state index in [1.165, 1.54) is 0 Å². The first-order valence-corrected chi connectivity index (χ1v) is 6.81. The van der Waals surface area contributed by atoms with Crippen LogP contribution in [0, 0.1) is 5.92 Å². The normalized spacial score (nSPS) is 24.0. The molecular formula is C14H22ClN3. The van der Waals surface area contributed by atoms with E-state index in [0.717, 1.165) is 29.4 Å². The summed E-state index contributed by atoms with van der Waals surface area (Å²) in [4.78, 5) is 4.67. The summed E-state index contributed by atoms with van der Waals surface area (Å²) in [6, 6.07) is 6.56. The zero-order valence-corrected chi connectivity index (χ0v) is 12.1. The fourth-order valence-corrected chi connectivity index (χ4v) is 3.20. The molecule has 0 bridgehead atoms. The van der Waals surface area contributed by atoms with Gasteiger partial charge in [-0.15, -0.1) is 0 Å². The van der Waals surface area contributed by atoms with Gasteiger partial charge in [-0.05, 0) is 31.6 Å². The monoisotopic (exact) mass is 267 g/mol. The second-order valence-electron chi connectivity index (χ2n) is 5.36. The van der Waals surface area contributed by atoms with Crippen molar-refractivity contribution in [2.24, 2.45) is 11.7 Å². The van der Waals surface area contributed by atoms with Crippen LogP contribution in [0.4, 0.5) is 5.69 Å². The third-order valence-electron chi connectivity index (χ3n) is 3.84. The van der Waals surface area contributed by atoms with Crippen LogP contribution < -0.4 is 10.6 Å². The van der Waals surface area contributed by atoms with Crippen molar-refractivity contribution in [1.82, 2.24) is 4.90 Å². The van der Waals surface area contributed by atoms with Crippen molar-refractivity contribution < 1.29 is 0 Å². The first-order chi connectivity index (χ1) is 8.54. The molecule has 1 saturated heterocycles. The van der Waals surface area contributed by atoms with Crippen LogP contribution in [0.15, 0.2) is 18.2 Å². The van der Waals surface area contributed by atoms with Gasteiger partial charge in [0.25, 0.3) is 0 Å². The molecule has 18 heavy (non-hydrogen) atoms. The number of halogens is 1. The third kappa shape index (κ3) is 2.48. The molecule has 0 radical (unpaired) electrons. The van der Waals surface area contributed by atoms with E-state index in [2.05, 4.69) is 36.9 Å². The number of benzene rings is 1. The number of nitrogens with zero attached hydrogens (tertiary/aromatic N) is 2. The second kappa shape index (κ2) is 5.47. The summed E-state index contributed by atoms with van der Waals surface area (Å²) in [5.74, 6) is 0.641. The van der Waals surface area contributed by atoms with Gasteiger partial charge in [-0.25, -0.2) is 0 Å². The predicted octanol–water partition coefficient (Wildman–Crippen LogP) is 2.18. The molecule has 1 aromatic rings. The van der Waals surface area contributed by atoms with Gasteiger partial charge in [0.1, 0.15) is 0 Å². The van der Waals surface area contributed by atoms with E-state index in [1.54, 1.807) is 0 Å². The standard InChI is InChI=1S/C14H22ClN3/c1-10-8-18(9-13(10)17(2)3)14-11(7-16)5-4-6-12(14)15/h4-6,10,13H,7-9,16H2,1-3H3. The lowest BCUT2D eigenvalue weighted by atomic mass is 10.1. The predicted molar refractivity (Wildman–Crippen MR) is 78.2 cm³/mol. The molecule has 2 atom stereocenters. The van der Waals surface area contributed by atoms with E-state index in [-0.39, 0.29) is 0 Å². The van der Waals surface area contributed by atoms with Gasteiger partial charge in [-0.3, -0.25) is 0 Å². The molecule has 1 aliphatic heterocycles. The van der Waals surface area contributed by atoms with Gasteiger partial charge in [0.2, 0.25) is 0 Å². The lowest BCUT2D eigenvalue weighted by Crippen LogP contribution is -2.34. The summed E-state index contributed by atoms with van der Waals surface area (Å²) in [5.41, 5.74) is 8.08. The number of anilines is 1. The summed E-state index contributed by atoms with van der Waals surface area (Å²) in [5, 5.41) is 0.810. The van der Waals surface area contributed by atoms with Crippen molar-refractivity contribution in [3.05, 3.63) is 28.8 Å². The van der Waals surface area contributed by atoms with Crippen LogP contribution in [0.25, 0.3) is 0 Å². The van der Waals surface area contributed by atoms with Crippen LogP contribution in [0.1, 0.15) is 12.5 Å². The Hall–Kier alpha value is -0.770. The molecule has 4 heteroatoms. The lowest BCUT2D eigenvalue weighted by molar-refractivity contribution is 0.266. The van der Waals surface area contributed by atoms with Crippen molar-refractivity contribution in [2.75, 3.05) is 32.1 Å². The molecule has 1 fully saturated rings. The van der Waals surface area contributed by atoms with E-state index in [1.807, 2.05) is 12.1 Å². The van der Waals surface area contributed by atoms with Gasteiger partial charge in [0, 0.05) is 25.7 Å². The van der Waals surface area contributed by atoms with Crippen LogP contribution in [0.2, 0.25) is 5.02 Å². The van der Waals surface area contributed by atoms with Gasteiger partial charge in [0.05, 0.1) is 10.7 Å². The van der Waals surface area contributed by atoms with Crippen LogP contribution >= 0.6 is 11.6 Å². The van der Waals surface area contributed by atoms with Crippen molar-refractivity contribution >= 4 is 17.3 Å². The number of hydrogen-bond donors (Lipinski definition) is 1. The molecule has 0 amide bonds. The van der Waals surface area contributed by atoms with E-state index >= 15 is 0 Å².